The Hall–Kier alpha value is -0.690. The summed E-state index contributed by atoms with van der Waals surface area (Å²) in [7, 11) is -1.04. The topological polar surface area (TPSA) is 71.1 Å². The van der Waals surface area contributed by atoms with Crippen LogP contribution < -0.4 is 0 Å². The fourth-order valence-electron chi connectivity index (χ4n) is 2.45. The van der Waals surface area contributed by atoms with E-state index in [-0.39, 0.29) is 17.0 Å². The van der Waals surface area contributed by atoms with Gasteiger partial charge in [0.1, 0.15) is 0 Å². The predicted octanol–water partition coefficient (Wildman–Crippen LogP) is 5.26. The van der Waals surface area contributed by atoms with Crippen molar-refractivity contribution in [1.29, 1.82) is 0 Å². The first-order valence-electron chi connectivity index (χ1n) is 9.70. The van der Waals surface area contributed by atoms with Gasteiger partial charge in [-0.25, -0.2) is 4.57 Å². The van der Waals surface area contributed by atoms with Gasteiger partial charge in [-0.1, -0.05) is 68.3 Å². The van der Waals surface area contributed by atoms with E-state index in [1.165, 1.54) is 38.8 Å². The van der Waals surface area contributed by atoms with Crippen molar-refractivity contribution >= 4 is 24.7 Å². The van der Waals surface area contributed by atoms with E-state index in [1.54, 1.807) is 0 Å². The molecular weight excluding hydrogens is 399 g/mol. The molecule has 8 heteroatoms. The van der Waals surface area contributed by atoms with Gasteiger partial charge in [0.15, 0.2) is 5.12 Å². The van der Waals surface area contributed by atoms with Gasteiger partial charge in [0.25, 0.3) is 0 Å². The monoisotopic (exact) mass is 432 g/mol. The molecule has 0 spiro atoms. The summed E-state index contributed by atoms with van der Waals surface area (Å²) in [6.07, 6.45) is 5.59. The first-order valence-corrected chi connectivity index (χ1v) is 12.0. The molecule has 0 saturated carbocycles. The minimum absolute atomic E-state index is 0.0513. The molecule has 0 heterocycles. The van der Waals surface area contributed by atoms with Crippen molar-refractivity contribution in [3.8, 4) is 0 Å². The molecule has 0 bridgehead atoms. The van der Waals surface area contributed by atoms with Crippen molar-refractivity contribution < 1.29 is 27.7 Å². The second-order valence-corrected chi connectivity index (χ2v) is 9.58. The van der Waals surface area contributed by atoms with Crippen LogP contribution in [0.3, 0.4) is 0 Å². The zero-order valence-corrected chi connectivity index (χ0v) is 18.8. The number of ether oxygens (including phenoxy) is 1. The summed E-state index contributed by atoms with van der Waals surface area (Å²) < 4.78 is 32.7. The van der Waals surface area contributed by atoms with Crippen LogP contribution in [0.4, 0.5) is 0 Å². The molecule has 0 aliphatic rings. The third-order valence-electron chi connectivity index (χ3n) is 4.07. The van der Waals surface area contributed by atoms with Crippen LogP contribution in [-0.2, 0) is 34.1 Å². The normalized spacial score (nSPS) is 12.8. The highest BCUT2D eigenvalue weighted by Gasteiger charge is 2.26. The van der Waals surface area contributed by atoms with Crippen LogP contribution in [0.1, 0.15) is 44.6 Å². The number of hydrogen-bond donors (Lipinski definition) is 0. The van der Waals surface area contributed by atoms with Crippen LogP contribution in [0.5, 0.6) is 0 Å². The SMILES string of the molecule is CCCCCCOC[C@@H](COP(=O)(OC)OC)SC(=O)CCc1ccccc1. The lowest BCUT2D eigenvalue weighted by Crippen LogP contribution is -2.21. The van der Waals surface area contributed by atoms with Crippen molar-refractivity contribution in [3.63, 3.8) is 0 Å². The van der Waals surface area contributed by atoms with E-state index in [9.17, 15) is 9.36 Å². The van der Waals surface area contributed by atoms with E-state index in [0.717, 1.165) is 18.4 Å². The number of benzene rings is 1. The molecule has 0 aromatic heterocycles. The van der Waals surface area contributed by atoms with Crippen molar-refractivity contribution in [2.45, 2.75) is 50.7 Å². The molecule has 0 N–H and O–H groups in total. The van der Waals surface area contributed by atoms with Gasteiger partial charge in [0.2, 0.25) is 0 Å². The van der Waals surface area contributed by atoms with Crippen molar-refractivity contribution in [2.24, 2.45) is 0 Å². The molecule has 0 fully saturated rings. The highest BCUT2D eigenvalue weighted by atomic mass is 32.2. The predicted molar refractivity (Wildman–Crippen MR) is 114 cm³/mol. The Kier molecular flexibility index (Phi) is 13.8. The lowest BCUT2D eigenvalue weighted by molar-refractivity contribution is -0.111. The number of phosphoric acid groups is 1. The Labute approximate surface area is 173 Å². The van der Waals surface area contributed by atoms with Crippen LogP contribution in [0.2, 0.25) is 0 Å². The number of unbranched alkanes of at least 4 members (excludes halogenated alkanes) is 3. The third-order valence-corrected chi connectivity index (χ3v) is 6.50. The summed E-state index contributed by atoms with van der Waals surface area (Å²) in [5, 5.41) is -0.218. The fourth-order valence-corrected chi connectivity index (χ4v) is 4.17. The maximum absolute atomic E-state index is 12.4. The van der Waals surface area contributed by atoms with Crippen molar-refractivity contribution in [3.05, 3.63) is 35.9 Å². The Bertz CT molecular complexity index is 575. The molecule has 0 unspecified atom stereocenters. The fraction of sp³-hybridized carbons (Fsp3) is 0.650. The second-order valence-electron chi connectivity index (χ2n) is 6.34. The van der Waals surface area contributed by atoms with Crippen LogP contribution in [0, 0.1) is 0 Å². The number of carbonyl (C=O) groups excluding carboxylic acids is 1. The van der Waals surface area contributed by atoms with E-state index in [2.05, 4.69) is 6.92 Å². The highest BCUT2D eigenvalue weighted by molar-refractivity contribution is 8.14. The number of thioether (sulfide) groups is 1. The van der Waals surface area contributed by atoms with Crippen molar-refractivity contribution in [2.75, 3.05) is 34.0 Å². The van der Waals surface area contributed by atoms with Crippen LogP contribution in [-0.4, -0.2) is 44.4 Å². The first kappa shape index (κ1) is 25.3. The van der Waals surface area contributed by atoms with Gasteiger partial charge in [-0.15, -0.1) is 0 Å². The van der Waals surface area contributed by atoms with Gasteiger partial charge in [0.05, 0.1) is 18.5 Å². The standard InChI is InChI=1S/C20H33O6PS/c1-4-5-6-10-15-25-16-19(17-26-27(22,23-2)24-3)28-20(21)14-13-18-11-8-7-9-12-18/h7-9,11-12,19H,4-6,10,13-17H2,1-3H3/t19-/m0/s1. The second kappa shape index (κ2) is 15.2. The molecule has 0 amide bonds. The molecule has 1 aromatic carbocycles. The summed E-state index contributed by atoms with van der Waals surface area (Å²) in [6, 6.07) is 9.89. The maximum atomic E-state index is 12.4. The van der Waals surface area contributed by atoms with E-state index in [4.69, 9.17) is 18.3 Å². The Morgan fingerprint density at radius 1 is 1.07 bits per heavy atom. The quantitative estimate of drug-likeness (QED) is 0.261. The summed E-state index contributed by atoms with van der Waals surface area (Å²) in [4.78, 5) is 12.4. The molecule has 1 atom stereocenters. The molecule has 160 valence electrons. The summed E-state index contributed by atoms with van der Waals surface area (Å²) in [5.41, 5.74) is 1.12. The lowest BCUT2D eigenvalue weighted by Gasteiger charge is -2.19. The van der Waals surface area contributed by atoms with Gasteiger partial charge in [-0.2, -0.15) is 0 Å². The number of phosphoric ester groups is 1. The Morgan fingerprint density at radius 3 is 2.43 bits per heavy atom. The lowest BCUT2D eigenvalue weighted by atomic mass is 10.1. The first-order chi connectivity index (χ1) is 13.5. The van der Waals surface area contributed by atoms with E-state index in [0.29, 0.717) is 26.1 Å². The van der Waals surface area contributed by atoms with Crippen molar-refractivity contribution in [1.82, 2.24) is 0 Å². The average Bonchev–Trinajstić information content (AvgIpc) is 2.73. The molecule has 6 nitrogen and oxygen atoms in total. The van der Waals surface area contributed by atoms with Gasteiger partial charge < -0.3 is 4.74 Å². The summed E-state index contributed by atoms with van der Waals surface area (Å²) in [5.74, 6) is 0. The Morgan fingerprint density at radius 2 is 1.79 bits per heavy atom. The minimum atomic E-state index is -3.58. The molecule has 0 radical (unpaired) electrons. The molecular formula is C20H33O6PS. The molecule has 0 aliphatic carbocycles. The van der Waals surface area contributed by atoms with Gasteiger partial charge in [-0.3, -0.25) is 18.4 Å². The number of hydrogen-bond acceptors (Lipinski definition) is 7. The summed E-state index contributed by atoms with van der Waals surface area (Å²) in [6.45, 7) is 3.20. The molecule has 1 aromatic rings. The Balaban J connectivity index is 2.47. The van der Waals surface area contributed by atoms with E-state index < -0.39 is 7.82 Å². The molecule has 1 rings (SSSR count). The number of rotatable bonds is 16. The van der Waals surface area contributed by atoms with Gasteiger partial charge >= 0.3 is 7.82 Å². The largest absolute Gasteiger partial charge is 0.474 e. The zero-order valence-electron chi connectivity index (χ0n) is 17.1. The number of carbonyl (C=O) groups is 1. The van der Waals surface area contributed by atoms with Gasteiger partial charge in [0, 0.05) is 27.2 Å². The minimum Gasteiger partial charge on any atom is -0.380 e. The van der Waals surface area contributed by atoms with E-state index >= 15 is 0 Å². The number of aryl methyl sites for hydroxylation is 1. The average molecular weight is 433 g/mol. The summed E-state index contributed by atoms with van der Waals surface area (Å²) >= 11 is 1.17. The van der Waals surface area contributed by atoms with Crippen LogP contribution in [0.15, 0.2) is 30.3 Å². The molecule has 28 heavy (non-hydrogen) atoms. The highest BCUT2D eigenvalue weighted by Crippen LogP contribution is 2.47. The third kappa shape index (κ3) is 11.3. The maximum Gasteiger partial charge on any atom is 0.474 e. The molecule has 0 saturated heterocycles. The molecule has 0 aliphatic heterocycles. The van der Waals surface area contributed by atoms with Crippen LogP contribution >= 0.6 is 19.6 Å². The van der Waals surface area contributed by atoms with Crippen LogP contribution in [0.25, 0.3) is 0 Å². The smallest absolute Gasteiger partial charge is 0.380 e. The zero-order chi connectivity index (χ0) is 20.7. The van der Waals surface area contributed by atoms with Gasteiger partial charge in [-0.05, 0) is 18.4 Å². The van der Waals surface area contributed by atoms with E-state index in [1.807, 2.05) is 30.3 Å².